The van der Waals surface area contributed by atoms with Gasteiger partial charge in [-0.25, -0.2) is 0 Å². The molecule has 0 aliphatic rings. The van der Waals surface area contributed by atoms with Gasteiger partial charge in [0.2, 0.25) is 0 Å². The molecule has 0 fully saturated rings. The standard InChI is InChI=1S/C13H18BrNO2/c1-9-4-5-11(14)10(6-9)12(17)15-7-13(2,3)8-16/h4-6,16H,7-8H2,1-3H3,(H,15,17). The van der Waals surface area contributed by atoms with E-state index in [4.69, 9.17) is 5.11 Å². The number of halogens is 1. The molecular weight excluding hydrogens is 282 g/mol. The molecule has 94 valence electrons. The highest BCUT2D eigenvalue weighted by Crippen LogP contribution is 2.18. The summed E-state index contributed by atoms with van der Waals surface area (Å²) in [6, 6.07) is 5.64. The van der Waals surface area contributed by atoms with E-state index in [0.717, 1.165) is 10.0 Å². The second-order valence-corrected chi connectivity index (χ2v) is 5.84. The van der Waals surface area contributed by atoms with Crippen LogP contribution in [0.25, 0.3) is 0 Å². The normalized spacial score (nSPS) is 11.4. The third-order valence-electron chi connectivity index (χ3n) is 2.52. The first kappa shape index (κ1) is 14.2. The Hall–Kier alpha value is -0.870. The molecule has 1 aromatic carbocycles. The van der Waals surface area contributed by atoms with Gasteiger partial charge < -0.3 is 10.4 Å². The minimum atomic E-state index is -0.300. The lowest BCUT2D eigenvalue weighted by atomic mass is 9.95. The van der Waals surface area contributed by atoms with Crippen LogP contribution in [0.15, 0.2) is 22.7 Å². The van der Waals surface area contributed by atoms with E-state index < -0.39 is 0 Å². The Morgan fingerprint density at radius 1 is 1.47 bits per heavy atom. The summed E-state index contributed by atoms with van der Waals surface area (Å²) in [5.74, 6) is -0.123. The van der Waals surface area contributed by atoms with Gasteiger partial charge in [0.15, 0.2) is 0 Å². The van der Waals surface area contributed by atoms with Crippen LogP contribution in [0.4, 0.5) is 0 Å². The predicted molar refractivity (Wildman–Crippen MR) is 72.1 cm³/mol. The molecule has 17 heavy (non-hydrogen) atoms. The van der Waals surface area contributed by atoms with Crippen molar-refractivity contribution in [1.29, 1.82) is 0 Å². The van der Waals surface area contributed by atoms with Crippen molar-refractivity contribution in [1.82, 2.24) is 5.32 Å². The molecule has 1 aromatic rings. The molecule has 0 aliphatic heterocycles. The number of aryl methyl sites for hydroxylation is 1. The number of rotatable bonds is 4. The summed E-state index contributed by atoms with van der Waals surface area (Å²) in [6.07, 6.45) is 0. The number of benzene rings is 1. The SMILES string of the molecule is Cc1ccc(Br)c(C(=O)NCC(C)(C)CO)c1. The van der Waals surface area contributed by atoms with Gasteiger partial charge in [-0.05, 0) is 35.0 Å². The van der Waals surface area contributed by atoms with Crippen LogP contribution >= 0.6 is 15.9 Å². The summed E-state index contributed by atoms with van der Waals surface area (Å²) in [4.78, 5) is 12.0. The van der Waals surface area contributed by atoms with Gasteiger partial charge in [0.25, 0.3) is 5.91 Å². The Kier molecular flexibility index (Phi) is 4.71. The quantitative estimate of drug-likeness (QED) is 0.897. The maximum Gasteiger partial charge on any atom is 0.252 e. The monoisotopic (exact) mass is 299 g/mol. The molecule has 0 heterocycles. The van der Waals surface area contributed by atoms with E-state index >= 15 is 0 Å². The second kappa shape index (κ2) is 5.65. The maximum atomic E-state index is 12.0. The molecule has 0 spiro atoms. The number of carbonyl (C=O) groups is 1. The van der Waals surface area contributed by atoms with Crippen LogP contribution in [0.2, 0.25) is 0 Å². The predicted octanol–water partition coefficient (Wildman–Crippen LogP) is 2.51. The van der Waals surface area contributed by atoms with Gasteiger partial charge in [-0.1, -0.05) is 25.5 Å². The minimum absolute atomic E-state index is 0.0439. The van der Waals surface area contributed by atoms with Crippen LogP contribution in [-0.4, -0.2) is 24.2 Å². The fourth-order valence-corrected chi connectivity index (χ4v) is 1.71. The molecule has 1 amide bonds. The highest BCUT2D eigenvalue weighted by atomic mass is 79.9. The van der Waals surface area contributed by atoms with Gasteiger partial charge in [-0.3, -0.25) is 4.79 Å². The zero-order valence-electron chi connectivity index (χ0n) is 10.4. The van der Waals surface area contributed by atoms with Crippen molar-refractivity contribution < 1.29 is 9.90 Å². The number of carbonyl (C=O) groups excluding carboxylic acids is 1. The van der Waals surface area contributed by atoms with Crippen molar-refractivity contribution in [3.8, 4) is 0 Å². The summed E-state index contributed by atoms with van der Waals surface area (Å²) in [5.41, 5.74) is 1.37. The first-order valence-electron chi connectivity index (χ1n) is 5.51. The molecule has 0 unspecified atom stereocenters. The zero-order chi connectivity index (χ0) is 13.1. The van der Waals surface area contributed by atoms with Crippen molar-refractivity contribution in [2.75, 3.05) is 13.2 Å². The molecule has 0 atom stereocenters. The Morgan fingerprint density at radius 3 is 2.71 bits per heavy atom. The van der Waals surface area contributed by atoms with Gasteiger partial charge in [0, 0.05) is 23.0 Å². The summed E-state index contributed by atoms with van der Waals surface area (Å²) in [7, 11) is 0. The Bertz CT molecular complexity index is 416. The first-order chi connectivity index (χ1) is 7.85. The Labute approximate surface area is 110 Å². The van der Waals surface area contributed by atoms with Crippen LogP contribution in [0.5, 0.6) is 0 Å². The zero-order valence-corrected chi connectivity index (χ0v) is 12.0. The molecule has 0 aliphatic carbocycles. The van der Waals surface area contributed by atoms with Gasteiger partial charge in [0.05, 0.1) is 5.56 Å². The van der Waals surface area contributed by atoms with E-state index in [9.17, 15) is 4.79 Å². The molecule has 0 saturated heterocycles. The summed E-state index contributed by atoms with van der Waals surface area (Å²) < 4.78 is 0.780. The van der Waals surface area contributed by atoms with E-state index in [1.807, 2.05) is 39.0 Å². The average Bonchev–Trinajstić information content (AvgIpc) is 2.29. The lowest BCUT2D eigenvalue weighted by Crippen LogP contribution is -2.36. The largest absolute Gasteiger partial charge is 0.396 e. The van der Waals surface area contributed by atoms with Crippen LogP contribution in [0, 0.1) is 12.3 Å². The number of nitrogens with one attached hydrogen (secondary N) is 1. The van der Waals surface area contributed by atoms with Crippen LogP contribution < -0.4 is 5.32 Å². The highest BCUT2D eigenvalue weighted by molar-refractivity contribution is 9.10. The molecule has 1 rings (SSSR count). The number of aliphatic hydroxyl groups excluding tert-OH is 1. The second-order valence-electron chi connectivity index (χ2n) is 4.99. The van der Waals surface area contributed by atoms with Crippen molar-refractivity contribution >= 4 is 21.8 Å². The van der Waals surface area contributed by atoms with Gasteiger partial charge in [0.1, 0.15) is 0 Å². The number of hydrogen-bond acceptors (Lipinski definition) is 2. The van der Waals surface area contributed by atoms with Crippen LogP contribution in [-0.2, 0) is 0 Å². The average molecular weight is 300 g/mol. The Morgan fingerprint density at radius 2 is 2.12 bits per heavy atom. The Balaban J connectivity index is 2.74. The van der Waals surface area contributed by atoms with Gasteiger partial charge >= 0.3 is 0 Å². The van der Waals surface area contributed by atoms with E-state index in [2.05, 4.69) is 21.2 Å². The minimum Gasteiger partial charge on any atom is -0.396 e. The fraction of sp³-hybridized carbons (Fsp3) is 0.462. The van der Waals surface area contributed by atoms with Crippen LogP contribution in [0.3, 0.4) is 0 Å². The fourth-order valence-electron chi connectivity index (χ4n) is 1.28. The molecule has 0 aromatic heterocycles. The highest BCUT2D eigenvalue weighted by Gasteiger charge is 2.18. The molecule has 0 radical (unpaired) electrons. The molecule has 0 saturated carbocycles. The van der Waals surface area contributed by atoms with Crippen molar-refractivity contribution in [3.05, 3.63) is 33.8 Å². The van der Waals surface area contributed by atoms with E-state index in [-0.39, 0.29) is 17.9 Å². The smallest absolute Gasteiger partial charge is 0.252 e. The lowest BCUT2D eigenvalue weighted by Gasteiger charge is -2.22. The van der Waals surface area contributed by atoms with Crippen molar-refractivity contribution in [2.45, 2.75) is 20.8 Å². The molecule has 3 nitrogen and oxygen atoms in total. The van der Waals surface area contributed by atoms with E-state index in [0.29, 0.717) is 12.1 Å². The number of aliphatic hydroxyl groups is 1. The summed E-state index contributed by atoms with van der Waals surface area (Å²) in [6.45, 7) is 6.24. The van der Waals surface area contributed by atoms with Gasteiger partial charge in [-0.2, -0.15) is 0 Å². The molecule has 4 heteroatoms. The number of amides is 1. The molecule has 0 bridgehead atoms. The summed E-state index contributed by atoms with van der Waals surface area (Å²) >= 11 is 3.36. The topological polar surface area (TPSA) is 49.3 Å². The maximum absolute atomic E-state index is 12.0. The molecular formula is C13H18BrNO2. The molecule has 2 N–H and O–H groups in total. The van der Waals surface area contributed by atoms with E-state index in [1.165, 1.54) is 0 Å². The van der Waals surface area contributed by atoms with Crippen molar-refractivity contribution in [2.24, 2.45) is 5.41 Å². The third-order valence-corrected chi connectivity index (χ3v) is 3.21. The van der Waals surface area contributed by atoms with Crippen molar-refractivity contribution in [3.63, 3.8) is 0 Å². The first-order valence-corrected chi connectivity index (χ1v) is 6.30. The lowest BCUT2D eigenvalue weighted by molar-refractivity contribution is 0.0910. The summed E-state index contributed by atoms with van der Waals surface area (Å²) in [5, 5.41) is 11.9. The number of hydrogen-bond donors (Lipinski definition) is 2. The third kappa shape index (κ3) is 4.13. The van der Waals surface area contributed by atoms with Crippen LogP contribution in [0.1, 0.15) is 29.8 Å². The van der Waals surface area contributed by atoms with E-state index in [1.54, 1.807) is 0 Å². The van der Waals surface area contributed by atoms with Gasteiger partial charge in [-0.15, -0.1) is 0 Å².